The molecule has 7 heteroatoms. The van der Waals surface area contributed by atoms with E-state index in [9.17, 15) is 9.59 Å². The third kappa shape index (κ3) is 8.15. The summed E-state index contributed by atoms with van der Waals surface area (Å²) in [6, 6.07) is 15.8. The first-order chi connectivity index (χ1) is 15.0. The lowest BCUT2D eigenvalue weighted by atomic mass is 10.1. The number of benzene rings is 2. The fourth-order valence-corrected chi connectivity index (χ4v) is 4.03. The molecular weight excluding hydrogens is 432 g/mol. The molecule has 1 heterocycles. The van der Waals surface area contributed by atoms with Gasteiger partial charge in [0.2, 0.25) is 5.91 Å². The van der Waals surface area contributed by atoms with Crippen LogP contribution in [0.2, 0.25) is 5.02 Å². The van der Waals surface area contributed by atoms with E-state index in [1.807, 2.05) is 60.8 Å². The minimum atomic E-state index is -0.353. The second kappa shape index (κ2) is 11.6. The molecule has 3 rings (SSSR count). The number of aryl methyl sites for hydroxylation is 2. The predicted molar refractivity (Wildman–Crippen MR) is 124 cm³/mol. The highest BCUT2D eigenvalue weighted by molar-refractivity contribution is 7.09. The number of rotatable bonds is 10. The Hall–Kier alpha value is -2.70. The average Bonchev–Trinajstić information content (AvgIpc) is 3.17. The molecule has 1 aromatic heterocycles. The van der Waals surface area contributed by atoms with Crippen LogP contribution in [0.4, 0.5) is 0 Å². The predicted octanol–water partition coefficient (Wildman–Crippen LogP) is 4.53. The van der Waals surface area contributed by atoms with Gasteiger partial charge in [0.15, 0.2) is 0 Å². The topological polar surface area (TPSA) is 68.3 Å². The fraction of sp³-hybridized carbons (Fsp3) is 0.292. The largest absolute Gasteiger partial charge is 0.464 e. The van der Waals surface area contributed by atoms with Crippen molar-refractivity contribution in [3.8, 4) is 0 Å². The molecule has 0 aliphatic heterocycles. The van der Waals surface area contributed by atoms with Crippen molar-refractivity contribution in [3.63, 3.8) is 0 Å². The average molecular weight is 457 g/mol. The van der Waals surface area contributed by atoms with Crippen LogP contribution in [0, 0.1) is 6.92 Å². The molecule has 0 saturated heterocycles. The van der Waals surface area contributed by atoms with Crippen LogP contribution in [0.1, 0.15) is 33.8 Å². The minimum absolute atomic E-state index is 0.0539. The van der Waals surface area contributed by atoms with Gasteiger partial charge in [-0.25, -0.2) is 4.98 Å². The first-order valence-electron chi connectivity index (χ1n) is 10.1. The molecule has 0 unspecified atom stereocenters. The van der Waals surface area contributed by atoms with Gasteiger partial charge in [0.1, 0.15) is 6.61 Å². The molecule has 5 nitrogen and oxygen atoms in total. The van der Waals surface area contributed by atoms with Crippen molar-refractivity contribution in [2.75, 3.05) is 13.2 Å². The highest BCUT2D eigenvalue weighted by Gasteiger charge is 2.10. The summed E-state index contributed by atoms with van der Waals surface area (Å²) in [6.07, 6.45) is 1.89. The molecule has 0 fully saturated rings. The first kappa shape index (κ1) is 23.0. The van der Waals surface area contributed by atoms with Gasteiger partial charge in [0.25, 0.3) is 0 Å². The van der Waals surface area contributed by atoms with Crippen molar-refractivity contribution < 1.29 is 14.3 Å². The van der Waals surface area contributed by atoms with Crippen LogP contribution in [0.15, 0.2) is 53.9 Å². The zero-order valence-electron chi connectivity index (χ0n) is 17.4. The van der Waals surface area contributed by atoms with E-state index < -0.39 is 0 Å². The van der Waals surface area contributed by atoms with E-state index in [4.69, 9.17) is 16.3 Å². The van der Waals surface area contributed by atoms with E-state index in [-0.39, 0.29) is 24.9 Å². The van der Waals surface area contributed by atoms with E-state index in [0.29, 0.717) is 36.5 Å². The molecule has 0 aliphatic rings. The normalized spacial score (nSPS) is 10.6. The lowest BCUT2D eigenvalue weighted by Crippen LogP contribution is -2.28. The maximum absolute atomic E-state index is 12.0. The molecule has 1 N–H and O–H groups in total. The van der Waals surface area contributed by atoms with Gasteiger partial charge in [-0.15, -0.1) is 11.3 Å². The van der Waals surface area contributed by atoms with Gasteiger partial charge in [-0.2, -0.15) is 0 Å². The Morgan fingerprint density at radius 3 is 2.71 bits per heavy atom. The van der Waals surface area contributed by atoms with Gasteiger partial charge in [-0.3, -0.25) is 9.59 Å². The lowest BCUT2D eigenvalue weighted by molar-refractivity contribution is -0.143. The summed E-state index contributed by atoms with van der Waals surface area (Å²) in [4.78, 5) is 28.4. The summed E-state index contributed by atoms with van der Waals surface area (Å²) >= 11 is 7.52. The van der Waals surface area contributed by atoms with Crippen LogP contribution in [0.5, 0.6) is 0 Å². The fourth-order valence-electron chi connectivity index (χ4n) is 2.99. The smallest absolute Gasteiger partial charge is 0.311 e. The number of aromatic nitrogens is 1. The number of nitrogens with one attached hydrogen (secondary N) is 1. The molecule has 162 valence electrons. The van der Waals surface area contributed by atoms with Crippen LogP contribution in [-0.2, 0) is 33.6 Å². The van der Waals surface area contributed by atoms with Crippen LogP contribution < -0.4 is 5.32 Å². The first-order valence-corrected chi connectivity index (χ1v) is 11.4. The minimum Gasteiger partial charge on any atom is -0.464 e. The highest BCUT2D eigenvalue weighted by atomic mass is 35.5. The van der Waals surface area contributed by atoms with Crippen LogP contribution >= 0.6 is 22.9 Å². The maximum atomic E-state index is 12.0. The van der Waals surface area contributed by atoms with E-state index in [1.54, 1.807) is 0 Å². The second-order valence-electron chi connectivity index (χ2n) is 7.27. The Morgan fingerprint density at radius 1 is 1.13 bits per heavy atom. The van der Waals surface area contributed by atoms with Crippen LogP contribution in [-0.4, -0.2) is 30.0 Å². The number of carbonyl (C=O) groups is 2. The highest BCUT2D eigenvalue weighted by Crippen LogP contribution is 2.18. The van der Waals surface area contributed by atoms with Gasteiger partial charge in [-0.05, 0) is 36.6 Å². The molecule has 1 amide bonds. The number of hydrogen-bond acceptors (Lipinski definition) is 5. The Labute approximate surface area is 191 Å². The van der Waals surface area contributed by atoms with Crippen molar-refractivity contribution in [1.29, 1.82) is 0 Å². The summed E-state index contributed by atoms with van der Waals surface area (Å²) < 4.78 is 5.21. The van der Waals surface area contributed by atoms with Gasteiger partial charge in [0, 0.05) is 23.2 Å². The van der Waals surface area contributed by atoms with Crippen molar-refractivity contribution in [2.45, 2.75) is 32.6 Å². The zero-order chi connectivity index (χ0) is 22.1. The summed E-state index contributed by atoms with van der Waals surface area (Å²) in [5.41, 5.74) is 4.10. The van der Waals surface area contributed by atoms with Gasteiger partial charge in [-0.1, -0.05) is 53.6 Å². The summed E-state index contributed by atoms with van der Waals surface area (Å²) in [5, 5.41) is 6.26. The number of carbonyl (C=O) groups excluding carboxylic acids is 2. The van der Waals surface area contributed by atoms with E-state index in [1.165, 1.54) is 16.9 Å². The molecule has 2 aromatic carbocycles. The lowest BCUT2D eigenvalue weighted by Gasteiger charge is -2.07. The molecule has 0 saturated carbocycles. The maximum Gasteiger partial charge on any atom is 0.311 e. The van der Waals surface area contributed by atoms with E-state index >= 15 is 0 Å². The number of ether oxygens (including phenoxy) is 1. The van der Waals surface area contributed by atoms with E-state index in [2.05, 4.69) is 10.3 Å². The van der Waals surface area contributed by atoms with Crippen LogP contribution in [0.25, 0.3) is 0 Å². The standard InChI is InChI=1S/C24H25ClN2O3S/c1-17-5-7-18(8-6-17)9-10-22(28)26-11-12-30-24(29)15-21-16-31-23(27-21)14-19-3-2-4-20(25)13-19/h2-8,13,16H,9-12,14-15H2,1H3,(H,26,28). The number of nitrogens with zero attached hydrogens (tertiary/aromatic N) is 1. The number of halogens is 1. The number of hydrogen-bond donors (Lipinski definition) is 1. The van der Waals surface area contributed by atoms with Crippen molar-refractivity contribution in [3.05, 3.63) is 86.3 Å². The van der Waals surface area contributed by atoms with Crippen molar-refractivity contribution in [1.82, 2.24) is 10.3 Å². The van der Waals surface area contributed by atoms with Gasteiger partial charge < -0.3 is 10.1 Å². The van der Waals surface area contributed by atoms with Crippen LogP contribution in [0.3, 0.4) is 0 Å². The summed E-state index contributed by atoms with van der Waals surface area (Å²) in [7, 11) is 0. The molecule has 0 radical (unpaired) electrons. The molecule has 0 atom stereocenters. The Kier molecular flexibility index (Phi) is 8.62. The third-order valence-electron chi connectivity index (χ3n) is 4.62. The number of thiazole rings is 1. The zero-order valence-corrected chi connectivity index (χ0v) is 19.0. The Balaban J connectivity index is 1.31. The Bertz CT molecular complexity index is 1020. The molecule has 31 heavy (non-hydrogen) atoms. The summed E-state index contributed by atoms with van der Waals surface area (Å²) in [6.45, 7) is 2.48. The van der Waals surface area contributed by atoms with Crippen molar-refractivity contribution >= 4 is 34.8 Å². The molecule has 3 aromatic rings. The molecule has 0 spiro atoms. The molecule has 0 bridgehead atoms. The van der Waals surface area contributed by atoms with Crippen molar-refractivity contribution in [2.24, 2.45) is 0 Å². The quantitative estimate of drug-likeness (QED) is 0.359. The van der Waals surface area contributed by atoms with Gasteiger partial charge in [0.05, 0.1) is 23.7 Å². The Morgan fingerprint density at radius 2 is 1.94 bits per heavy atom. The summed E-state index contributed by atoms with van der Waals surface area (Å²) in [5.74, 6) is -0.407. The monoisotopic (exact) mass is 456 g/mol. The van der Waals surface area contributed by atoms with Gasteiger partial charge >= 0.3 is 5.97 Å². The number of amides is 1. The molecular formula is C24H25ClN2O3S. The second-order valence-corrected chi connectivity index (χ2v) is 8.65. The SMILES string of the molecule is Cc1ccc(CCC(=O)NCCOC(=O)Cc2csc(Cc3cccc(Cl)c3)n2)cc1. The third-order valence-corrected chi connectivity index (χ3v) is 5.75. The molecule has 0 aliphatic carbocycles. The number of esters is 1. The van der Waals surface area contributed by atoms with E-state index in [0.717, 1.165) is 16.1 Å².